The molecule has 19 heavy (non-hydrogen) atoms. The summed E-state index contributed by atoms with van der Waals surface area (Å²) in [5.74, 6) is -0.208. The predicted molar refractivity (Wildman–Crippen MR) is 77.2 cm³/mol. The van der Waals surface area contributed by atoms with Crippen molar-refractivity contribution in [2.45, 2.75) is 6.42 Å². The number of hydrogen-bond acceptors (Lipinski definition) is 2. The minimum Gasteiger partial charge on any atom is -0.469 e. The molecule has 0 saturated heterocycles. The van der Waals surface area contributed by atoms with Gasteiger partial charge in [0.25, 0.3) is 0 Å². The van der Waals surface area contributed by atoms with Crippen LogP contribution in [0, 0.1) is 0 Å². The number of methoxy groups -OCH3 is 1. The zero-order chi connectivity index (χ0) is 13.2. The molecule has 3 aromatic rings. The van der Waals surface area contributed by atoms with Gasteiger partial charge in [-0.25, -0.2) is 0 Å². The Morgan fingerprint density at radius 3 is 2.32 bits per heavy atom. The third-order valence-electron chi connectivity index (χ3n) is 3.42. The molecule has 0 aliphatic carbocycles. The Kier molecular flexibility index (Phi) is 2.92. The van der Waals surface area contributed by atoms with Gasteiger partial charge in [-0.05, 0) is 33.2 Å². The molecular weight excluding hydrogens is 236 g/mol. The van der Waals surface area contributed by atoms with E-state index in [9.17, 15) is 4.79 Å². The summed E-state index contributed by atoms with van der Waals surface area (Å²) in [6, 6.07) is 18.5. The molecule has 0 aromatic heterocycles. The second-order valence-corrected chi connectivity index (χ2v) is 4.56. The standard InChI is InChI=1S/C17H14O2/c1-19-17(18)11-13-10-12-6-2-3-7-14(12)16-9-5-4-8-15(13)16/h2-10H,11H2,1H3. The van der Waals surface area contributed by atoms with Gasteiger partial charge in [-0.15, -0.1) is 0 Å². The quantitative estimate of drug-likeness (QED) is 0.512. The fourth-order valence-corrected chi connectivity index (χ4v) is 2.51. The number of carbonyl (C=O) groups is 1. The maximum atomic E-state index is 11.5. The zero-order valence-corrected chi connectivity index (χ0v) is 10.7. The van der Waals surface area contributed by atoms with Crippen LogP contribution in [-0.4, -0.2) is 13.1 Å². The van der Waals surface area contributed by atoms with Gasteiger partial charge < -0.3 is 4.74 Å². The molecule has 0 amide bonds. The molecular formula is C17H14O2. The van der Waals surface area contributed by atoms with E-state index < -0.39 is 0 Å². The van der Waals surface area contributed by atoms with Crippen molar-refractivity contribution in [3.05, 3.63) is 60.2 Å². The smallest absolute Gasteiger partial charge is 0.310 e. The van der Waals surface area contributed by atoms with Gasteiger partial charge in [0.05, 0.1) is 13.5 Å². The summed E-state index contributed by atoms with van der Waals surface area (Å²) in [4.78, 5) is 11.5. The Balaban J connectivity index is 2.32. The second-order valence-electron chi connectivity index (χ2n) is 4.56. The minimum absolute atomic E-state index is 0.208. The molecule has 0 atom stereocenters. The van der Waals surface area contributed by atoms with Crippen molar-refractivity contribution in [1.29, 1.82) is 0 Å². The van der Waals surface area contributed by atoms with Crippen LogP contribution in [0.3, 0.4) is 0 Å². The number of benzene rings is 3. The number of ether oxygens (including phenoxy) is 1. The molecule has 0 bridgehead atoms. The zero-order valence-electron chi connectivity index (χ0n) is 10.7. The first-order chi connectivity index (χ1) is 9.29. The van der Waals surface area contributed by atoms with Crippen LogP contribution in [0.15, 0.2) is 54.6 Å². The number of hydrogen-bond donors (Lipinski definition) is 0. The third-order valence-corrected chi connectivity index (χ3v) is 3.42. The number of fused-ring (bicyclic) bond motifs is 3. The molecule has 0 fully saturated rings. The normalized spacial score (nSPS) is 10.8. The van der Waals surface area contributed by atoms with Crippen LogP contribution in [0.4, 0.5) is 0 Å². The fraction of sp³-hybridized carbons (Fsp3) is 0.118. The van der Waals surface area contributed by atoms with Crippen LogP contribution in [0.1, 0.15) is 5.56 Å². The average Bonchev–Trinajstić information content (AvgIpc) is 2.47. The van der Waals surface area contributed by atoms with E-state index in [1.807, 2.05) is 24.3 Å². The SMILES string of the molecule is COC(=O)Cc1cc2ccccc2c2ccccc12. The van der Waals surface area contributed by atoms with E-state index in [4.69, 9.17) is 4.74 Å². The van der Waals surface area contributed by atoms with Crippen molar-refractivity contribution in [1.82, 2.24) is 0 Å². The van der Waals surface area contributed by atoms with Gasteiger partial charge in [0, 0.05) is 0 Å². The summed E-state index contributed by atoms with van der Waals surface area (Å²) in [6.07, 6.45) is 0.307. The van der Waals surface area contributed by atoms with Crippen molar-refractivity contribution in [2.75, 3.05) is 7.11 Å². The predicted octanol–water partition coefficient (Wildman–Crippen LogP) is 3.71. The topological polar surface area (TPSA) is 26.3 Å². The van der Waals surface area contributed by atoms with Crippen LogP contribution in [0.2, 0.25) is 0 Å². The monoisotopic (exact) mass is 250 g/mol. The molecule has 3 rings (SSSR count). The summed E-state index contributed by atoms with van der Waals surface area (Å²) < 4.78 is 4.78. The van der Waals surface area contributed by atoms with Gasteiger partial charge in [0.2, 0.25) is 0 Å². The maximum Gasteiger partial charge on any atom is 0.310 e. The maximum absolute atomic E-state index is 11.5. The molecule has 0 N–H and O–H groups in total. The first-order valence-corrected chi connectivity index (χ1v) is 6.26. The Morgan fingerprint density at radius 2 is 1.58 bits per heavy atom. The highest BCUT2D eigenvalue weighted by atomic mass is 16.5. The molecule has 0 aliphatic rings. The molecule has 0 aliphatic heterocycles. The van der Waals surface area contributed by atoms with Crippen molar-refractivity contribution in [3.63, 3.8) is 0 Å². The van der Waals surface area contributed by atoms with Crippen molar-refractivity contribution in [2.24, 2.45) is 0 Å². The third kappa shape index (κ3) is 2.06. The molecule has 0 heterocycles. The Labute approximate surface area is 111 Å². The van der Waals surface area contributed by atoms with Gasteiger partial charge in [-0.3, -0.25) is 4.79 Å². The molecule has 0 unspecified atom stereocenters. The first kappa shape index (κ1) is 11.7. The van der Waals surface area contributed by atoms with Gasteiger partial charge in [-0.2, -0.15) is 0 Å². The molecule has 0 radical (unpaired) electrons. The molecule has 0 saturated carbocycles. The summed E-state index contributed by atoms with van der Waals surface area (Å²) in [6.45, 7) is 0. The second kappa shape index (κ2) is 4.73. The lowest BCUT2D eigenvalue weighted by Crippen LogP contribution is -2.05. The fourth-order valence-electron chi connectivity index (χ4n) is 2.51. The van der Waals surface area contributed by atoms with Gasteiger partial charge in [-0.1, -0.05) is 48.5 Å². The lowest BCUT2D eigenvalue weighted by atomic mass is 9.96. The van der Waals surface area contributed by atoms with E-state index in [2.05, 4.69) is 30.3 Å². The van der Waals surface area contributed by atoms with Crippen LogP contribution >= 0.6 is 0 Å². The highest BCUT2D eigenvalue weighted by Crippen LogP contribution is 2.28. The van der Waals surface area contributed by atoms with E-state index in [1.165, 1.54) is 17.9 Å². The largest absolute Gasteiger partial charge is 0.469 e. The first-order valence-electron chi connectivity index (χ1n) is 6.26. The van der Waals surface area contributed by atoms with E-state index in [1.54, 1.807) is 0 Å². The highest BCUT2D eigenvalue weighted by Gasteiger charge is 2.09. The Morgan fingerprint density at radius 1 is 0.947 bits per heavy atom. The molecule has 2 heteroatoms. The van der Waals surface area contributed by atoms with Crippen LogP contribution < -0.4 is 0 Å². The molecule has 0 spiro atoms. The minimum atomic E-state index is -0.208. The number of rotatable bonds is 2. The summed E-state index contributed by atoms with van der Waals surface area (Å²) in [5.41, 5.74) is 1.01. The van der Waals surface area contributed by atoms with Crippen LogP contribution in [0.5, 0.6) is 0 Å². The number of esters is 1. The van der Waals surface area contributed by atoms with Gasteiger partial charge in [0.1, 0.15) is 0 Å². The average molecular weight is 250 g/mol. The van der Waals surface area contributed by atoms with E-state index >= 15 is 0 Å². The summed E-state index contributed by atoms with van der Waals surface area (Å²) >= 11 is 0. The lowest BCUT2D eigenvalue weighted by Gasteiger charge is -2.09. The van der Waals surface area contributed by atoms with Crippen LogP contribution in [-0.2, 0) is 16.0 Å². The Hall–Kier alpha value is -2.35. The lowest BCUT2D eigenvalue weighted by molar-refractivity contribution is -0.139. The van der Waals surface area contributed by atoms with E-state index in [0.29, 0.717) is 6.42 Å². The molecule has 94 valence electrons. The van der Waals surface area contributed by atoms with E-state index in [0.717, 1.165) is 16.3 Å². The van der Waals surface area contributed by atoms with Gasteiger partial charge >= 0.3 is 5.97 Å². The summed E-state index contributed by atoms with van der Waals surface area (Å²) in [5, 5.41) is 4.66. The van der Waals surface area contributed by atoms with Crippen molar-refractivity contribution in [3.8, 4) is 0 Å². The van der Waals surface area contributed by atoms with E-state index in [-0.39, 0.29) is 5.97 Å². The molecule has 2 nitrogen and oxygen atoms in total. The van der Waals surface area contributed by atoms with Crippen molar-refractivity contribution < 1.29 is 9.53 Å². The number of carbonyl (C=O) groups excluding carboxylic acids is 1. The highest BCUT2D eigenvalue weighted by molar-refractivity contribution is 6.09. The summed E-state index contributed by atoms with van der Waals surface area (Å²) in [7, 11) is 1.42. The van der Waals surface area contributed by atoms with Crippen molar-refractivity contribution >= 4 is 27.5 Å². The van der Waals surface area contributed by atoms with Crippen LogP contribution in [0.25, 0.3) is 21.5 Å². The van der Waals surface area contributed by atoms with Gasteiger partial charge in [0.15, 0.2) is 0 Å². The Bertz CT molecular complexity index is 759. The molecule has 3 aromatic carbocycles.